The SMILES string of the molecule is CC1(C)O[C@H](c2ccccc2)CC[C@H]1OC1CCCCO1. The van der Waals surface area contributed by atoms with Crippen LogP contribution in [0.3, 0.4) is 0 Å². The molecule has 21 heavy (non-hydrogen) atoms. The second-order valence-corrected chi connectivity index (χ2v) is 6.62. The maximum absolute atomic E-state index is 6.33. The smallest absolute Gasteiger partial charge is 0.158 e. The molecule has 1 aromatic rings. The Morgan fingerprint density at radius 3 is 2.52 bits per heavy atom. The second kappa shape index (κ2) is 6.47. The maximum Gasteiger partial charge on any atom is 0.158 e. The topological polar surface area (TPSA) is 27.7 Å². The molecular formula is C18H26O3. The third-order valence-electron chi connectivity index (χ3n) is 4.54. The fourth-order valence-corrected chi connectivity index (χ4v) is 3.29. The quantitative estimate of drug-likeness (QED) is 0.834. The molecule has 2 aliphatic rings. The Bertz CT molecular complexity index is 437. The minimum absolute atomic E-state index is 0.0418. The van der Waals surface area contributed by atoms with Gasteiger partial charge in [-0.3, -0.25) is 0 Å². The number of benzene rings is 1. The first kappa shape index (κ1) is 15.0. The predicted octanol–water partition coefficient (Wildman–Crippen LogP) is 4.23. The summed E-state index contributed by atoms with van der Waals surface area (Å²) in [6, 6.07) is 10.5. The summed E-state index contributed by atoms with van der Waals surface area (Å²) in [5, 5.41) is 0. The first-order chi connectivity index (χ1) is 10.1. The Balaban J connectivity index is 1.62. The van der Waals surface area contributed by atoms with Crippen LogP contribution in [0.1, 0.15) is 57.6 Å². The molecule has 1 aromatic carbocycles. The Morgan fingerprint density at radius 1 is 1.05 bits per heavy atom. The van der Waals surface area contributed by atoms with Gasteiger partial charge in [0.15, 0.2) is 6.29 Å². The van der Waals surface area contributed by atoms with Crippen molar-refractivity contribution in [2.45, 2.75) is 70.1 Å². The van der Waals surface area contributed by atoms with Crippen molar-refractivity contribution in [1.82, 2.24) is 0 Å². The molecule has 3 nitrogen and oxygen atoms in total. The molecule has 0 aromatic heterocycles. The summed E-state index contributed by atoms with van der Waals surface area (Å²) in [4.78, 5) is 0. The van der Waals surface area contributed by atoms with E-state index in [-0.39, 0.29) is 24.1 Å². The van der Waals surface area contributed by atoms with Gasteiger partial charge < -0.3 is 14.2 Å². The van der Waals surface area contributed by atoms with Gasteiger partial charge in [-0.2, -0.15) is 0 Å². The molecule has 116 valence electrons. The summed E-state index contributed by atoms with van der Waals surface area (Å²) < 4.78 is 18.2. The molecule has 1 unspecified atom stereocenters. The predicted molar refractivity (Wildman–Crippen MR) is 82.0 cm³/mol. The summed E-state index contributed by atoms with van der Waals surface area (Å²) in [6.07, 6.45) is 5.63. The van der Waals surface area contributed by atoms with Crippen LogP contribution in [0.25, 0.3) is 0 Å². The third kappa shape index (κ3) is 3.65. The van der Waals surface area contributed by atoms with E-state index in [4.69, 9.17) is 14.2 Å². The van der Waals surface area contributed by atoms with Gasteiger partial charge in [-0.25, -0.2) is 0 Å². The monoisotopic (exact) mass is 290 g/mol. The van der Waals surface area contributed by atoms with E-state index < -0.39 is 0 Å². The van der Waals surface area contributed by atoms with Crippen LogP contribution in [0.5, 0.6) is 0 Å². The zero-order chi connectivity index (χ0) is 14.7. The van der Waals surface area contributed by atoms with E-state index in [0.29, 0.717) is 0 Å². The van der Waals surface area contributed by atoms with Crippen LogP contribution >= 0.6 is 0 Å². The number of hydrogen-bond acceptors (Lipinski definition) is 3. The lowest BCUT2D eigenvalue weighted by atomic mass is 9.89. The Kier molecular flexibility index (Phi) is 4.63. The molecule has 3 rings (SSSR count). The van der Waals surface area contributed by atoms with Crippen LogP contribution in [0.15, 0.2) is 30.3 Å². The Morgan fingerprint density at radius 2 is 1.86 bits per heavy atom. The largest absolute Gasteiger partial charge is 0.365 e. The fourth-order valence-electron chi connectivity index (χ4n) is 3.29. The van der Waals surface area contributed by atoms with Gasteiger partial charge in [0.2, 0.25) is 0 Å². The molecule has 3 heteroatoms. The van der Waals surface area contributed by atoms with E-state index in [0.717, 1.165) is 32.3 Å². The van der Waals surface area contributed by atoms with Gasteiger partial charge in [0.25, 0.3) is 0 Å². The highest BCUT2D eigenvalue weighted by atomic mass is 16.7. The van der Waals surface area contributed by atoms with E-state index in [1.54, 1.807) is 0 Å². The van der Waals surface area contributed by atoms with Gasteiger partial charge in [0.05, 0.1) is 17.8 Å². The summed E-state index contributed by atoms with van der Waals surface area (Å²) in [7, 11) is 0. The van der Waals surface area contributed by atoms with E-state index in [1.807, 2.05) is 6.07 Å². The molecule has 2 fully saturated rings. The summed E-state index contributed by atoms with van der Waals surface area (Å²) in [6.45, 7) is 5.09. The first-order valence-electron chi connectivity index (χ1n) is 8.15. The van der Waals surface area contributed by atoms with E-state index in [9.17, 15) is 0 Å². The van der Waals surface area contributed by atoms with Crippen molar-refractivity contribution in [2.75, 3.05) is 6.61 Å². The lowest BCUT2D eigenvalue weighted by Crippen LogP contribution is -2.47. The molecule has 2 heterocycles. The van der Waals surface area contributed by atoms with Crippen molar-refractivity contribution in [1.29, 1.82) is 0 Å². The zero-order valence-electron chi connectivity index (χ0n) is 13.1. The van der Waals surface area contributed by atoms with Gasteiger partial charge >= 0.3 is 0 Å². The normalized spacial score (nSPS) is 32.8. The number of ether oxygens (including phenoxy) is 3. The molecule has 0 radical (unpaired) electrons. The van der Waals surface area contributed by atoms with Gasteiger partial charge in [-0.05, 0) is 51.5 Å². The highest BCUT2D eigenvalue weighted by Crippen LogP contribution is 2.39. The zero-order valence-corrected chi connectivity index (χ0v) is 13.1. The van der Waals surface area contributed by atoms with Gasteiger partial charge in [0, 0.05) is 6.61 Å². The molecule has 0 bridgehead atoms. The lowest BCUT2D eigenvalue weighted by molar-refractivity contribution is -0.258. The van der Waals surface area contributed by atoms with Crippen LogP contribution in [-0.2, 0) is 14.2 Å². The molecule has 0 saturated carbocycles. The molecular weight excluding hydrogens is 264 g/mol. The highest BCUT2D eigenvalue weighted by Gasteiger charge is 2.40. The summed E-state index contributed by atoms with van der Waals surface area (Å²) >= 11 is 0. The van der Waals surface area contributed by atoms with Gasteiger partial charge in [0.1, 0.15) is 0 Å². The van der Waals surface area contributed by atoms with Crippen molar-refractivity contribution < 1.29 is 14.2 Å². The van der Waals surface area contributed by atoms with E-state index >= 15 is 0 Å². The fraction of sp³-hybridized carbons (Fsp3) is 0.667. The lowest BCUT2D eigenvalue weighted by Gasteiger charge is -2.44. The van der Waals surface area contributed by atoms with E-state index in [2.05, 4.69) is 38.1 Å². The van der Waals surface area contributed by atoms with Crippen molar-refractivity contribution in [3.63, 3.8) is 0 Å². The molecule has 0 N–H and O–H groups in total. The Labute approximate surface area is 127 Å². The minimum Gasteiger partial charge on any atom is -0.365 e. The third-order valence-corrected chi connectivity index (χ3v) is 4.54. The molecule has 0 spiro atoms. The Hall–Kier alpha value is -0.900. The standard InChI is InChI=1S/C18H26O3/c1-18(2)16(20-17-10-6-7-13-19-17)12-11-15(21-18)14-8-4-3-5-9-14/h3-5,8-9,15-17H,6-7,10-13H2,1-2H3/t15-,16+,17?/m0/s1. The van der Waals surface area contributed by atoms with Crippen molar-refractivity contribution in [3.8, 4) is 0 Å². The molecule has 3 atom stereocenters. The average molecular weight is 290 g/mol. The molecule has 0 aliphatic carbocycles. The number of rotatable bonds is 3. The van der Waals surface area contributed by atoms with Crippen molar-refractivity contribution in [3.05, 3.63) is 35.9 Å². The van der Waals surface area contributed by atoms with Crippen LogP contribution in [0, 0.1) is 0 Å². The van der Waals surface area contributed by atoms with Crippen molar-refractivity contribution in [2.24, 2.45) is 0 Å². The average Bonchev–Trinajstić information content (AvgIpc) is 2.51. The van der Waals surface area contributed by atoms with Crippen molar-refractivity contribution >= 4 is 0 Å². The van der Waals surface area contributed by atoms with E-state index in [1.165, 1.54) is 12.0 Å². The van der Waals surface area contributed by atoms with Crippen LogP contribution in [-0.4, -0.2) is 24.6 Å². The van der Waals surface area contributed by atoms with Crippen LogP contribution in [0.2, 0.25) is 0 Å². The van der Waals surface area contributed by atoms with Gasteiger partial charge in [-0.1, -0.05) is 30.3 Å². The summed E-state index contributed by atoms with van der Waals surface area (Å²) in [5.41, 5.74) is 0.984. The van der Waals surface area contributed by atoms with Crippen LogP contribution in [0.4, 0.5) is 0 Å². The molecule has 0 amide bonds. The van der Waals surface area contributed by atoms with Crippen LogP contribution < -0.4 is 0 Å². The maximum atomic E-state index is 6.33. The minimum atomic E-state index is -0.278. The summed E-state index contributed by atoms with van der Waals surface area (Å²) in [5.74, 6) is 0. The first-order valence-corrected chi connectivity index (χ1v) is 8.15. The highest BCUT2D eigenvalue weighted by molar-refractivity contribution is 5.18. The molecule has 2 saturated heterocycles. The molecule has 2 aliphatic heterocycles. The second-order valence-electron chi connectivity index (χ2n) is 6.62. The number of hydrogen-bond donors (Lipinski definition) is 0. The van der Waals surface area contributed by atoms with Gasteiger partial charge in [-0.15, -0.1) is 0 Å².